The molecular weight excluding hydrogens is 759 g/mol. The summed E-state index contributed by atoms with van der Waals surface area (Å²) in [6.07, 6.45) is 2.58. The lowest BCUT2D eigenvalue weighted by molar-refractivity contribution is -0.199. The van der Waals surface area contributed by atoms with E-state index in [0.29, 0.717) is 53.8 Å². The SMILES string of the molecule is Cc1cc(OCc2ccccc2)ccc1C(NC(=O)OC(C)(C)C)C(=O)N1CC(Oc2ccc(CCB3O[C@@H]4C[C@@H]5C[C@@H](C5(C)C)[C@]4(C)O3)c(C)c2C(=O)OC(C)(C)C)C1. The van der Waals surface area contributed by atoms with Crippen LogP contribution >= 0.6 is 0 Å². The quantitative estimate of drug-likeness (QED) is 0.141. The van der Waals surface area contributed by atoms with E-state index in [1.165, 1.54) is 6.42 Å². The Hall–Kier alpha value is -4.55. The molecule has 3 aromatic rings. The summed E-state index contributed by atoms with van der Waals surface area (Å²) in [4.78, 5) is 42.8. The van der Waals surface area contributed by atoms with Gasteiger partial charge in [0.1, 0.15) is 47.0 Å². The van der Waals surface area contributed by atoms with Crippen LogP contribution in [0.25, 0.3) is 0 Å². The normalized spacial score (nSPS) is 23.8. The zero-order valence-electron chi connectivity index (χ0n) is 37.3. The standard InChI is InChI=1S/C48H63BN2O9/c1-29-23-34(55-28-31-15-13-12-14-16-31)18-19-36(29)41(50-44(54)58-46(6,7)8)42(52)51-26-35(27-51)56-37-20-17-32(30(2)40(37)43(53)57-45(3,4)5)21-22-49-59-39-25-33-24-38(47(33,9)10)48(39,11)60-49/h12-20,23,33,35,38-39,41H,21-22,24-28H2,1-11H3,(H,50,54)/t33-,38-,39+,41?,48-/m0/s1. The number of hydrogen-bond donors (Lipinski definition) is 1. The van der Waals surface area contributed by atoms with Crippen LogP contribution in [0.2, 0.25) is 6.32 Å². The third-order valence-electron chi connectivity index (χ3n) is 13.0. The van der Waals surface area contributed by atoms with Crippen molar-refractivity contribution in [2.45, 2.75) is 143 Å². The molecule has 2 aliphatic heterocycles. The van der Waals surface area contributed by atoms with Crippen LogP contribution in [0.5, 0.6) is 11.5 Å². The first kappa shape index (κ1) is 43.5. The molecule has 8 rings (SSSR count). The molecule has 2 amide bonds. The second-order valence-electron chi connectivity index (χ2n) is 20.0. The molecule has 3 aromatic carbocycles. The first-order chi connectivity index (χ1) is 28.1. The summed E-state index contributed by atoms with van der Waals surface area (Å²) in [5.41, 5.74) is 3.11. The number of carbonyl (C=O) groups excluding carboxylic acids is 3. The molecule has 2 heterocycles. The Morgan fingerprint density at radius 3 is 2.27 bits per heavy atom. The van der Waals surface area contributed by atoms with E-state index < -0.39 is 35.4 Å². The fourth-order valence-electron chi connectivity index (χ4n) is 9.59. The number of rotatable bonds is 12. The van der Waals surface area contributed by atoms with Crippen molar-refractivity contribution in [2.75, 3.05) is 13.1 Å². The Morgan fingerprint density at radius 1 is 0.917 bits per heavy atom. The molecule has 1 N–H and O–H groups in total. The Balaban J connectivity index is 1.03. The predicted octanol–water partition coefficient (Wildman–Crippen LogP) is 8.96. The summed E-state index contributed by atoms with van der Waals surface area (Å²) in [5, 5.41) is 2.82. The summed E-state index contributed by atoms with van der Waals surface area (Å²) in [6.45, 7) is 22.5. The van der Waals surface area contributed by atoms with Crippen molar-refractivity contribution < 1.29 is 42.6 Å². The van der Waals surface area contributed by atoms with Crippen LogP contribution in [0.1, 0.15) is 119 Å². The molecule has 60 heavy (non-hydrogen) atoms. The smallest absolute Gasteiger partial charge is 0.457 e. The highest BCUT2D eigenvalue weighted by molar-refractivity contribution is 6.45. The Morgan fingerprint density at radius 2 is 1.62 bits per heavy atom. The number of nitrogens with one attached hydrogen (secondary N) is 1. The molecule has 11 nitrogen and oxygen atoms in total. The summed E-state index contributed by atoms with van der Waals surface area (Å²) >= 11 is 0. The minimum atomic E-state index is -1.01. The molecule has 2 saturated heterocycles. The van der Waals surface area contributed by atoms with Gasteiger partial charge in [-0.2, -0.15) is 0 Å². The van der Waals surface area contributed by atoms with Gasteiger partial charge < -0.3 is 38.5 Å². The number of ether oxygens (including phenoxy) is 4. The molecule has 0 radical (unpaired) electrons. The molecule has 3 saturated carbocycles. The minimum absolute atomic E-state index is 0.111. The topological polar surface area (TPSA) is 122 Å². The maximum atomic E-state index is 14.2. The molecule has 3 aliphatic carbocycles. The van der Waals surface area contributed by atoms with Crippen LogP contribution in [0.4, 0.5) is 4.79 Å². The van der Waals surface area contributed by atoms with Crippen LogP contribution in [0, 0.1) is 31.1 Å². The van der Waals surface area contributed by atoms with Crippen LogP contribution in [-0.2, 0) is 36.6 Å². The molecule has 12 heteroatoms. The maximum absolute atomic E-state index is 14.2. The minimum Gasteiger partial charge on any atom is -0.489 e. The van der Waals surface area contributed by atoms with Gasteiger partial charge in [-0.3, -0.25) is 4.79 Å². The number of alkyl carbamates (subject to hydrolysis) is 1. The lowest BCUT2D eigenvalue weighted by Crippen LogP contribution is -2.65. The molecule has 0 spiro atoms. The number of likely N-dealkylation sites (tertiary alicyclic amines) is 1. The highest BCUT2D eigenvalue weighted by Crippen LogP contribution is 2.65. The van der Waals surface area contributed by atoms with E-state index in [1.54, 1.807) is 31.7 Å². The van der Waals surface area contributed by atoms with E-state index >= 15 is 0 Å². The fourth-order valence-corrected chi connectivity index (χ4v) is 9.59. The largest absolute Gasteiger partial charge is 0.489 e. The van der Waals surface area contributed by atoms with Gasteiger partial charge in [-0.1, -0.05) is 56.3 Å². The monoisotopic (exact) mass is 822 g/mol. The van der Waals surface area contributed by atoms with E-state index in [9.17, 15) is 14.4 Å². The van der Waals surface area contributed by atoms with Gasteiger partial charge in [-0.05, 0) is 151 Å². The van der Waals surface area contributed by atoms with Gasteiger partial charge in [0.2, 0.25) is 5.91 Å². The average molecular weight is 823 g/mol. The Kier molecular flexibility index (Phi) is 11.9. The summed E-state index contributed by atoms with van der Waals surface area (Å²) in [5.74, 6) is 1.45. The van der Waals surface area contributed by atoms with Gasteiger partial charge in [0, 0.05) is 0 Å². The van der Waals surface area contributed by atoms with E-state index in [4.69, 9.17) is 28.3 Å². The van der Waals surface area contributed by atoms with Crippen molar-refractivity contribution in [3.8, 4) is 11.5 Å². The van der Waals surface area contributed by atoms with Crippen molar-refractivity contribution in [2.24, 2.45) is 17.3 Å². The lowest BCUT2D eigenvalue weighted by atomic mass is 9.43. The average Bonchev–Trinajstić information content (AvgIpc) is 3.49. The predicted molar refractivity (Wildman–Crippen MR) is 230 cm³/mol. The van der Waals surface area contributed by atoms with Crippen LogP contribution in [-0.4, -0.2) is 72.1 Å². The van der Waals surface area contributed by atoms with E-state index in [2.05, 4.69) is 26.1 Å². The van der Waals surface area contributed by atoms with Gasteiger partial charge in [-0.25, -0.2) is 9.59 Å². The number of nitrogens with zero attached hydrogens (tertiary/aromatic N) is 1. The van der Waals surface area contributed by atoms with Crippen molar-refractivity contribution in [1.82, 2.24) is 10.2 Å². The second-order valence-corrected chi connectivity index (χ2v) is 20.0. The van der Waals surface area contributed by atoms with Crippen LogP contribution < -0.4 is 14.8 Å². The van der Waals surface area contributed by atoms with E-state index in [-0.39, 0.29) is 43.2 Å². The molecule has 5 fully saturated rings. The van der Waals surface area contributed by atoms with Gasteiger partial charge in [0.15, 0.2) is 0 Å². The third kappa shape index (κ3) is 9.20. The summed E-state index contributed by atoms with van der Waals surface area (Å²) in [6, 6.07) is 18.2. The number of hydrogen-bond acceptors (Lipinski definition) is 9. The van der Waals surface area contributed by atoms with Crippen molar-refractivity contribution in [3.63, 3.8) is 0 Å². The lowest BCUT2D eigenvalue weighted by Gasteiger charge is -2.64. The molecular formula is C48H63BN2O9. The van der Waals surface area contributed by atoms with Gasteiger partial charge in [-0.15, -0.1) is 0 Å². The first-order valence-corrected chi connectivity index (χ1v) is 21.5. The van der Waals surface area contributed by atoms with E-state index in [0.717, 1.165) is 28.7 Å². The third-order valence-corrected chi connectivity index (χ3v) is 13.0. The zero-order valence-corrected chi connectivity index (χ0v) is 37.3. The number of esters is 1. The van der Waals surface area contributed by atoms with Crippen LogP contribution in [0.15, 0.2) is 60.7 Å². The first-order valence-electron chi connectivity index (χ1n) is 21.5. The maximum Gasteiger partial charge on any atom is 0.457 e. The van der Waals surface area contributed by atoms with Gasteiger partial charge in [0.05, 0.1) is 24.8 Å². The van der Waals surface area contributed by atoms with Crippen molar-refractivity contribution in [1.29, 1.82) is 0 Å². The Labute approximate surface area is 356 Å². The number of carbonyl (C=O) groups is 3. The summed E-state index contributed by atoms with van der Waals surface area (Å²) in [7, 11) is -0.308. The zero-order chi connectivity index (χ0) is 43.4. The van der Waals surface area contributed by atoms with Gasteiger partial charge >= 0.3 is 19.2 Å². The fraction of sp³-hybridized carbons (Fsp3) is 0.562. The highest BCUT2D eigenvalue weighted by atomic mass is 16.7. The van der Waals surface area contributed by atoms with E-state index in [1.807, 2.05) is 89.2 Å². The summed E-state index contributed by atoms with van der Waals surface area (Å²) < 4.78 is 37.2. The molecule has 5 aliphatic rings. The van der Waals surface area contributed by atoms with Gasteiger partial charge in [0.25, 0.3) is 0 Å². The number of benzene rings is 3. The molecule has 322 valence electrons. The van der Waals surface area contributed by atoms with Crippen LogP contribution in [0.3, 0.4) is 0 Å². The van der Waals surface area contributed by atoms with Crippen molar-refractivity contribution in [3.05, 3.63) is 94.0 Å². The number of amides is 2. The second kappa shape index (κ2) is 16.4. The molecule has 0 aromatic heterocycles. The highest BCUT2D eigenvalue weighted by Gasteiger charge is 2.67. The Bertz CT molecular complexity index is 2090. The molecule has 1 unspecified atom stereocenters. The molecule has 5 atom stereocenters. The number of aryl methyl sites for hydroxylation is 2. The van der Waals surface area contributed by atoms with Crippen molar-refractivity contribution >= 4 is 25.1 Å². The molecule has 2 bridgehead atoms.